The minimum atomic E-state index is -0.261. The molecule has 0 radical (unpaired) electrons. The number of aromatic amines is 1. The van der Waals surface area contributed by atoms with E-state index in [0.29, 0.717) is 5.69 Å². The summed E-state index contributed by atoms with van der Waals surface area (Å²) in [6.07, 6.45) is 3.92. The van der Waals surface area contributed by atoms with Crippen LogP contribution in [0.1, 0.15) is 41.9 Å². The lowest BCUT2D eigenvalue weighted by atomic mass is 10.1. The second kappa shape index (κ2) is 7.22. The lowest BCUT2D eigenvalue weighted by Gasteiger charge is -2.04. The molecule has 0 saturated heterocycles. The van der Waals surface area contributed by atoms with Crippen LogP contribution in [-0.2, 0) is 6.42 Å². The zero-order chi connectivity index (χ0) is 15.2. The molecule has 0 aliphatic heterocycles. The number of hydrazone groups is 1. The maximum Gasteiger partial charge on any atom is 0.287 e. The van der Waals surface area contributed by atoms with Crippen molar-refractivity contribution in [1.29, 1.82) is 0 Å². The molecule has 0 aliphatic carbocycles. The molecule has 110 valence electrons. The maximum absolute atomic E-state index is 11.9. The number of aryl methyl sites for hydroxylation is 1. The van der Waals surface area contributed by atoms with E-state index in [1.807, 2.05) is 19.1 Å². The van der Waals surface area contributed by atoms with Gasteiger partial charge in [0.15, 0.2) is 0 Å². The normalized spacial score (nSPS) is 11.5. The van der Waals surface area contributed by atoms with E-state index in [2.05, 4.69) is 50.5 Å². The van der Waals surface area contributed by atoms with E-state index >= 15 is 0 Å². The number of aromatic nitrogens is 1. The quantitative estimate of drug-likeness (QED) is 0.625. The van der Waals surface area contributed by atoms with Crippen molar-refractivity contribution in [1.82, 2.24) is 10.4 Å². The minimum absolute atomic E-state index is 0.261. The monoisotopic (exact) mass is 347 g/mol. The van der Waals surface area contributed by atoms with Crippen molar-refractivity contribution in [2.45, 2.75) is 26.7 Å². The third-order valence-corrected chi connectivity index (χ3v) is 3.59. The van der Waals surface area contributed by atoms with Crippen LogP contribution in [0.25, 0.3) is 0 Å². The molecule has 2 rings (SSSR count). The SMILES string of the molecule is CCCc1ccc(/C(C)=N\NC(=O)c2cc(Br)c[nH]2)cc1. The Hall–Kier alpha value is -1.88. The molecule has 21 heavy (non-hydrogen) atoms. The van der Waals surface area contributed by atoms with Crippen LogP contribution in [0.2, 0.25) is 0 Å². The van der Waals surface area contributed by atoms with Gasteiger partial charge in [-0.05, 0) is 46.5 Å². The van der Waals surface area contributed by atoms with E-state index in [1.165, 1.54) is 5.56 Å². The summed E-state index contributed by atoms with van der Waals surface area (Å²) in [6, 6.07) is 9.96. The maximum atomic E-state index is 11.9. The fourth-order valence-electron chi connectivity index (χ4n) is 1.96. The number of halogens is 1. The first-order chi connectivity index (χ1) is 10.1. The number of H-pyrrole nitrogens is 1. The van der Waals surface area contributed by atoms with Gasteiger partial charge in [-0.15, -0.1) is 0 Å². The first-order valence-electron chi connectivity index (χ1n) is 6.88. The Kier molecular flexibility index (Phi) is 5.33. The number of carbonyl (C=O) groups is 1. The van der Waals surface area contributed by atoms with Crippen LogP contribution < -0.4 is 5.43 Å². The van der Waals surface area contributed by atoms with Crippen molar-refractivity contribution in [2.75, 3.05) is 0 Å². The highest BCUT2D eigenvalue weighted by molar-refractivity contribution is 9.10. The van der Waals surface area contributed by atoms with E-state index < -0.39 is 0 Å². The number of rotatable bonds is 5. The van der Waals surface area contributed by atoms with Crippen molar-refractivity contribution in [3.05, 3.63) is 57.8 Å². The molecule has 1 amide bonds. The summed E-state index contributed by atoms with van der Waals surface area (Å²) < 4.78 is 0.833. The van der Waals surface area contributed by atoms with E-state index in [0.717, 1.165) is 28.6 Å². The van der Waals surface area contributed by atoms with Crippen molar-refractivity contribution in [3.8, 4) is 0 Å². The average molecular weight is 348 g/mol. The summed E-state index contributed by atoms with van der Waals surface area (Å²) in [6.45, 7) is 4.04. The van der Waals surface area contributed by atoms with Crippen LogP contribution in [-0.4, -0.2) is 16.6 Å². The molecule has 5 heteroatoms. The van der Waals surface area contributed by atoms with Crippen LogP contribution in [0.5, 0.6) is 0 Å². The van der Waals surface area contributed by atoms with Gasteiger partial charge in [0.2, 0.25) is 0 Å². The summed E-state index contributed by atoms with van der Waals surface area (Å²) in [5.74, 6) is -0.261. The Balaban J connectivity index is 2.01. The fourth-order valence-corrected chi connectivity index (χ4v) is 2.30. The summed E-state index contributed by atoms with van der Waals surface area (Å²) in [5, 5.41) is 4.14. The molecule has 1 aromatic carbocycles. The molecule has 0 aliphatic rings. The molecule has 0 atom stereocenters. The molecule has 4 nitrogen and oxygen atoms in total. The van der Waals surface area contributed by atoms with Crippen LogP contribution in [0.15, 0.2) is 46.1 Å². The first kappa shape index (κ1) is 15.5. The molecule has 0 fully saturated rings. The molecule has 2 N–H and O–H groups in total. The van der Waals surface area contributed by atoms with Crippen LogP contribution >= 0.6 is 15.9 Å². The van der Waals surface area contributed by atoms with Gasteiger partial charge in [0, 0.05) is 10.7 Å². The summed E-state index contributed by atoms with van der Waals surface area (Å²) in [7, 11) is 0. The summed E-state index contributed by atoms with van der Waals surface area (Å²) in [4.78, 5) is 14.7. The van der Waals surface area contributed by atoms with Gasteiger partial charge in [-0.25, -0.2) is 5.43 Å². The van der Waals surface area contributed by atoms with Gasteiger partial charge in [0.25, 0.3) is 5.91 Å². The second-order valence-electron chi connectivity index (χ2n) is 4.82. The smallest absolute Gasteiger partial charge is 0.287 e. The van der Waals surface area contributed by atoms with Gasteiger partial charge in [-0.2, -0.15) is 5.10 Å². The Morgan fingerprint density at radius 1 is 1.33 bits per heavy atom. The number of benzene rings is 1. The van der Waals surface area contributed by atoms with Crippen LogP contribution in [0.4, 0.5) is 0 Å². The molecular formula is C16H18BrN3O. The molecule has 1 heterocycles. The summed E-state index contributed by atoms with van der Waals surface area (Å²) in [5.41, 5.74) is 6.11. The van der Waals surface area contributed by atoms with Gasteiger partial charge < -0.3 is 4.98 Å². The largest absolute Gasteiger partial charge is 0.356 e. The van der Waals surface area contributed by atoms with Gasteiger partial charge in [-0.1, -0.05) is 37.6 Å². The molecule has 0 saturated carbocycles. The third-order valence-electron chi connectivity index (χ3n) is 3.13. The standard InChI is InChI=1S/C16H18BrN3O/c1-3-4-12-5-7-13(8-6-12)11(2)19-20-16(21)15-9-14(17)10-18-15/h5-10,18H,3-4H2,1-2H3,(H,20,21)/b19-11-. The molecule has 2 aromatic rings. The predicted octanol–water partition coefficient (Wildman–Crippen LogP) is 3.88. The molecular weight excluding hydrogens is 330 g/mol. The second-order valence-corrected chi connectivity index (χ2v) is 5.73. The zero-order valence-electron chi connectivity index (χ0n) is 12.1. The number of hydrogen-bond donors (Lipinski definition) is 2. The topological polar surface area (TPSA) is 57.2 Å². The number of nitrogens with zero attached hydrogens (tertiary/aromatic N) is 1. The Labute approximate surface area is 132 Å². The van der Waals surface area contributed by atoms with E-state index in [1.54, 1.807) is 12.3 Å². The third kappa shape index (κ3) is 4.29. The predicted molar refractivity (Wildman–Crippen MR) is 88.6 cm³/mol. The Bertz CT molecular complexity index is 644. The first-order valence-corrected chi connectivity index (χ1v) is 7.67. The zero-order valence-corrected chi connectivity index (χ0v) is 13.7. The van der Waals surface area contributed by atoms with Crippen LogP contribution in [0, 0.1) is 0 Å². The molecule has 0 spiro atoms. The van der Waals surface area contributed by atoms with Gasteiger partial charge in [0.05, 0.1) is 5.71 Å². The van der Waals surface area contributed by atoms with E-state index in [4.69, 9.17) is 0 Å². The molecule has 1 aromatic heterocycles. The van der Waals surface area contributed by atoms with Crippen molar-refractivity contribution < 1.29 is 4.79 Å². The van der Waals surface area contributed by atoms with Gasteiger partial charge >= 0.3 is 0 Å². The highest BCUT2D eigenvalue weighted by Gasteiger charge is 2.07. The lowest BCUT2D eigenvalue weighted by Crippen LogP contribution is -2.19. The summed E-state index contributed by atoms with van der Waals surface area (Å²) >= 11 is 3.29. The number of amides is 1. The Morgan fingerprint density at radius 2 is 2.05 bits per heavy atom. The number of carbonyl (C=O) groups excluding carboxylic acids is 1. The van der Waals surface area contributed by atoms with Gasteiger partial charge in [0.1, 0.15) is 5.69 Å². The van der Waals surface area contributed by atoms with Crippen molar-refractivity contribution in [2.24, 2.45) is 5.10 Å². The van der Waals surface area contributed by atoms with Crippen molar-refractivity contribution >= 4 is 27.5 Å². The van der Waals surface area contributed by atoms with Crippen molar-refractivity contribution in [3.63, 3.8) is 0 Å². The minimum Gasteiger partial charge on any atom is -0.356 e. The molecule has 0 bridgehead atoms. The van der Waals surface area contributed by atoms with Crippen LogP contribution in [0.3, 0.4) is 0 Å². The molecule has 0 unspecified atom stereocenters. The van der Waals surface area contributed by atoms with Gasteiger partial charge in [-0.3, -0.25) is 4.79 Å². The number of nitrogens with one attached hydrogen (secondary N) is 2. The lowest BCUT2D eigenvalue weighted by molar-refractivity contribution is 0.0950. The fraction of sp³-hybridized carbons (Fsp3) is 0.250. The van der Waals surface area contributed by atoms with E-state index in [-0.39, 0.29) is 5.91 Å². The Morgan fingerprint density at radius 3 is 2.62 bits per heavy atom. The highest BCUT2D eigenvalue weighted by atomic mass is 79.9. The number of hydrogen-bond acceptors (Lipinski definition) is 2. The highest BCUT2D eigenvalue weighted by Crippen LogP contribution is 2.10. The van der Waals surface area contributed by atoms with E-state index in [9.17, 15) is 4.79 Å². The average Bonchev–Trinajstić information content (AvgIpc) is 2.92.